The summed E-state index contributed by atoms with van der Waals surface area (Å²) in [5.41, 5.74) is 6.71. The summed E-state index contributed by atoms with van der Waals surface area (Å²) < 4.78 is 5.80. The number of amides is 2. The number of carbonyl (C=O) groups excluding carboxylic acids is 1. The Labute approximate surface area is 215 Å². The van der Waals surface area contributed by atoms with Crippen LogP contribution in [0.2, 0.25) is 5.02 Å². The average molecular weight is 499 g/mol. The maximum Gasteiger partial charge on any atom is 0.322 e. The molecule has 0 saturated heterocycles. The smallest absolute Gasteiger partial charge is 0.322 e. The van der Waals surface area contributed by atoms with Gasteiger partial charge in [-0.05, 0) is 54.7 Å². The molecular formula is C29H27ClN4O2. The van der Waals surface area contributed by atoms with Crippen molar-refractivity contribution in [1.29, 1.82) is 0 Å². The van der Waals surface area contributed by atoms with Gasteiger partial charge in [-0.25, -0.2) is 4.79 Å². The topological polar surface area (TPSA) is 71.3 Å². The third kappa shape index (κ3) is 4.64. The molecule has 4 aromatic rings. The molecule has 0 spiro atoms. The molecule has 1 aromatic heterocycles. The lowest BCUT2D eigenvalue weighted by molar-refractivity contribution is 0.203. The van der Waals surface area contributed by atoms with Crippen LogP contribution in [0.1, 0.15) is 48.0 Å². The molecule has 6 nitrogen and oxygen atoms in total. The van der Waals surface area contributed by atoms with E-state index in [-0.39, 0.29) is 6.03 Å². The number of hydrogen-bond acceptors (Lipinski definition) is 4. The molecule has 2 heterocycles. The van der Waals surface area contributed by atoms with Crippen LogP contribution in [-0.2, 0) is 13.0 Å². The van der Waals surface area contributed by atoms with Crippen molar-refractivity contribution < 1.29 is 9.32 Å². The predicted molar refractivity (Wildman–Crippen MR) is 141 cm³/mol. The number of nitrogens with zero attached hydrogens (tertiary/aromatic N) is 3. The molecule has 0 radical (unpaired) electrons. The minimum Gasteiger partial charge on any atom is -0.334 e. The third-order valence-electron chi connectivity index (χ3n) is 6.67. The second-order valence-electron chi connectivity index (χ2n) is 8.92. The van der Waals surface area contributed by atoms with Crippen molar-refractivity contribution in [2.45, 2.75) is 39.8 Å². The highest BCUT2D eigenvalue weighted by Crippen LogP contribution is 2.38. The van der Waals surface area contributed by atoms with E-state index in [9.17, 15) is 4.79 Å². The van der Waals surface area contributed by atoms with Gasteiger partial charge < -0.3 is 9.84 Å². The first-order valence-corrected chi connectivity index (χ1v) is 12.3. The lowest BCUT2D eigenvalue weighted by Crippen LogP contribution is -2.45. The molecule has 36 heavy (non-hydrogen) atoms. The summed E-state index contributed by atoms with van der Waals surface area (Å²) in [4.78, 5) is 19.8. The summed E-state index contributed by atoms with van der Waals surface area (Å²) in [5.74, 6) is 0.877. The summed E-state index contributed by atoms with van der Waals surface area (Å²) in [7, 11) is 0. The minimum absolute atomic E-state index is 0.186. The van der Waals surface area contributed by atoms with E-state index in [1.807, 2.05) is 74.5 Å². The van der Waals surface area contributed by atoms with Gasteiger partial charge in [0, 0.05) is 16.3 Å². The third-order valence-corrected chi connectivity index (χ3v) is 6.92. The molecule has 2 amide bonds. The van der Waals surface area contributed by atoms with Gasteiger partial charge in [0.2, 0.25) is 5.82 Å². The Morgan fingerprint density at radius 2 is 1.72 bits per heavy atom. The van der Waals surface area contributed by atoms with Crippen LogP contribution in [0, 0.1) is 6.92 Å². The molecule has 0 fully saturated rings. The normalized spacial score (nSPS) is 15.8. The molecular weight excluding hydrogens is 472 g/mol. The predicted octanol–water partition coefficient (Wildman–Crippen LogP) is 6.96. The number of aromatic nitrogens is 2. The van der Waals surface area contributed by atoms with Crippen LogP contribution in [0.25, 0.3) is 17.0 Å². The molecule has 0 bridgehead atoms. The molecule has 0 saturated carbocycles. The zero-order chi connectivity index (χ0) is 25.2. The quantitative estimate of drug-likeness (QED) is 0.312. The van der Waals surface area contributed by atoms with Crippen LogP contribution in [0.3, 0.4) is 0 Å². The second-order valence-corrected chi connectivity index (χ2v) is 9.36. The first-order valence-electron chi connectivity index (χ1n) is 12.0. The van der Waals surface area contributed by atoms with Crippen LogP contribution in [0.15, 0.2) is 83.0 Å². The van der Waals surface area contributed by atoms with E-state index in [4.69, 9.17) is 21.1 Å². The zero-order valence-electron chi connectivity index (χ0n) is 20.5. The molecule has 1 atom stereocenters. The van der Waals surface area contributed by atoms with Crippen LogP contribution in [0.5, 0.6) is 0 Å². The van der Waals surface area contributed by atoms with E-state index in [2.05, 4.69) is 29.5 Å². The second kappa shape index (κ2) is 9.99. The number of carbonyl (C=O) groups is 1. The summed E-state index contributed by atoms with van der Waals surface area (Å²) in [6.45, 7) is 6.52. The molecule has 5 rings (SSSR count). The highest BCUT2D eigenvalue weighted by atomic mass is 35.5. The van der Waals surface area contributed by atoms with Crippen molar-refractivity contribution in [3.63, 3.8) is 0 Å². The van der Waals surface area contributed by atoms with Crippen molar-refractivity contribution in [2.24, 2.45) is 0 Å². The SMILES string of the molecule is CCc1ccc(-c2noc(C3=C(C)N(Cc4ccccc4C)C(=O)NC3c3ccc(Cl)cc3)n2)cc1. The van der Waals surface area contributed by atoms with E-state index in [1.165, 1.54) is 5.56 Å². The van der Waals surface area contributed by atoms with Gasteiger partial charge in [-0.2, -0.15) is 4.98 Å². The summed E-state index contributed by atoms with van der Waals surface area (Å²) >= 11 is 6.13. The van der Waals surface area contributed by atoms with E-state index in [0.717, 1.165) is 39.9 Å². The standard InChI is InChI=1S/C29H27ClN4O2/c1-4-20-9-11-22(12-10-20)27-32-28(36-33-27)25-19(3)34(17-23-8-6-5-7-18(23)2)29(35)31-26(25)21-13-15-24(30)16-14-21/h5-16,26H,4,17H2,1-3H3,(H,31,35). The molecule has 182 valence electrons. The maximum atomic E-state index is 13.3. The molecule has 3 aromatic carbocycles. The summed E-state index contributed by atoms with van der Waals surface area (Å²) in [6, 6.07) is 23.0. The number of nitrogens with one attached hydrogen (secondary N) is 1. The van der Waals surface area contributed by atoms with Gasteiger partial charge in [0.05, 0.1) is 18.2 Å². The fraction of sp³-hybridized carbons (Fsp3) is 0.207. The lowest BCUT2D eigenvalue weighted by atomic mass is 9.94. The Kier molecular flexibility index (Phi) is 6.61. The van der Waals surface area contributed by atoms with Crippen molar-refractivity contribution in [3.8, 4) is 11.4 Å². The van der Waals surface area contributed by atoms with E-state index < -0.39 is 6.04 Å². The summed E-state index contributed by atoms with van der Waals surface area (Å²) in [6.07, 6.45) is 0.961. The Hall–Kier alpha value is -3.90. The van der Waals surface area contributed by atoms with Crippen LogP contribution in [0.4, 0.5) is 4.79 Å². The van der Waals surface area contributed by atoms with E-state index >= 15 is 0 Å². The highest BCUT2D eigenvalue weighted by Gasteiger charge is 2.36. The molecule has 7 heteroatoms. The van der Waals surface area contributed by atoms with Crippen molar-refractivity contribution >= 4 is 23.2 Å². The lowest BCUT2D eigenvalue weighted by Gasteiger charge is -2.35. The summed E-state index contributed by atoms with van der Waals surface area (Å²) in [5, 5.41) is 8.03. The van der Waals surface area contributed by atoms with Gasteiger partial charge in [0.25, 0.3) is 5.89 Å². The fourth-order valence-corrected chi connectivity index (χ4v) is 4.58. The molecule has 1 aliphatic rings. The van der Waals surface area contributed by atoms with E-state index in [0.29, 0.717) is 23.3 Å². The highest BCUT2D eigenvalue weighted by molar-refractivity contribution is 6.30. The average Bonchev–Trinajstić information content (AvgIpc) is 3.37. The number of urea groups is 1. The molecule has 0 aliphatic carbocycles. The number of aryl methyl sites for hydroxylation is 2. The Morgan fingerprint density at radius 1 is 1.00 bits per heavy atom. The first kappa shape index (κ1) is 23.8. The molecule has 1 aliphatic heterocycles. The number of rotatable bonds is 6. The molecule has 1 unspecified atom stereocenters. The van der Waals surface area contributed by atoms with Crippen LogP contribution >= 0.6 is 11.6 Å². The van der Waals surface area contributed by atoms with Crippen LogP contribution < -0.4 is 5.32 Å². The number of allylic oxidation sites excluding steroid dienone is 1. The van der Waals surface area contributed by atoms with Gasteiger partial charge in [-0.3, -0.25) is 4.90 Å². The van der Waals surface area contributed by atoms with Crippen molar-refractivity contribution in [2.75, 3.05) is 0 Å². The maximum absolute atomic E-state index is 13.3. The Bertz CT molecular complexity index is 1420. The van der Waals surface area contributed by atoms with Gasteiger partial charge >= 0.3 is 6.03 Å². The number of hydrogen-bond donors (Lipinski definition) is 1. The fourth-order valence-electron chi connectivity index (χ4n) is 4.45. The Morgan fingerprint density at radius 3 is 2.42 bits per heavy atom. The largest absolute Gasteiger partial charge is 0.334 e. The Balaban J connectivity index is 1.58. The van der Waals surface area contributed by atoms with Crippen LogP contribution in [-0.4, -0.2) is 21.1 Å². The minimum atomic E-state index is -0.460. The van der Waals surface area contributed by atoms with Gasteiger partial charge in [0.1, 0.15) is 0 Å². The van der Waals surface area contributed by atoms with Gasteiger partial charge in [-0.1, -0.05) is 84.3 Å². The monoisotopic (exact) mass is 498 g/mol. The van der Waals surface area contributed by atoms with Crippen molar-refractivity contribution in [3.05, 3.63) is 112 Å². The molecule has 1 N–H and O–H groups in total. The number of halogens is 1. The first-order chi connectivity index (χ1) is 17.4. The van der Waals surface area contributed by atoms with Gasteiger partial charge in [-0.15, -0.1) is 0 Å². The number of benzene rings is 3. The zero-order valence-corrected chi connectivity index (χ0v) is 21.2. The van der Waals surface area contributed by atoms with Gasteiger partial charge in [0.15, 0.2) is 0 Å². The van der Waals surface area contributed by atoms with Crippen molar-refractivity contribution in [1.82, 2.24) is 20.4 Å². The van der Waals surface area contributed by atoms with E-state index in [1.54, 1.807) is 4.90 Å².